The molecule has 0 aromatic heterocycles. The van der Waals surface area contributed by atoms with Gasteiger partial charge in [0.2, 0.25) is 0 Å². The fourth-order valence-electron chi connectivity index (χ4n) is 4.12. The highest BCUT2D eigenvalue weighted by atomic mass is 35.5. The molecule has 18 heavy (non-hydrogen) atoms. The van der Waals surface area contributed by atoms with Crippen molar-refractivity contribution >= 4 is 11.6 Å². The van der Waals surface area contributed by atoms with Gasteiger partial charge in [0.15, 0.2) is 0 Å². The normalized spacial score (nSPS) is 39.2. The minimum Gasteiger partial charge on any atom is -0.378 e. The molecule has 2 heteroatoms. The highest BCUT2D eigenvalue weighted by Gasteiger charge is 2.61. The van der Waals surface area contributed by atoms with Crippen molar-refractivity contribution in [2.24, 2.45) is 22.7 Å². The number of fused-ring (bicyclic) bond motifs is 2. The minimum atomic E-state index is 0.410. The highest BCUT2D eigenvalue weighted by Crippen LogP contribution is 2.66. The molecule has 0 aromatic carbocycles. The lowest BCUT2D eigenvalue weighted by molar-refractivity contribution is -0.0498. The van der Waals surface area contributed by atoms with Crippen LogP contribution < -0.4 is 0 Å². The van der Waals surface area contributed by atoms with Crippen LogP contribution in [0.5, 0.6) is 0 Å². The average molecular weight is 273 g/mol. The molecule has 106 valence electrons. The molecule has 0 heterocycles. The van der Waals surface area contributed by atoms with Crippen LogP contribution >= 0.6 is 11.6 Å². The van der Waals surface area contributed by atoms with Crippen molar-refractivity contribution in [3.63, 3.8) is 0 Å². The maximum atomic E-state index is 6.25. The molecule has 0 aliphatic heterocycles. The molecule has 0 aromatic rings. The maximum absolute atomic E-state index is 6.25. The lowest BCUT2D eigenvalue weighted by atomic mass is 9.70. The fraction of sp³-hybridized carbons (Fsp3) is 1.00. The monoisotopic (exact) mass is 272 g/mol. The van der Waals surface area contributed by atoms with Crippen molar-refractivity contribution in [3.05, 3.63) is 0 Å². The number of alkyl halides is 1. The molecular weight excluding hydrogens is 244 g/mol. The zero-order valence-corrected chi connectivity index (χ0v) is 13.2. The first-order valence-corrected chi connectivity index (χ1v) is 8.13. The Labute approximate surface area is 118 Å². The van der Waals surface area contributed by atoms with Crippen molar-refractivity contribution in [1.29, 1.82) is 0 Å². The summed E-state index contributed by atoms with van der Waals surface area (Å²) in [6.07, 6.45) is 6.81. The zero-order chi connectivity index (χ0) is 13.4. The van der Waals surface area contributed by atoms with Gasteiger partial charge in [0, 0.05) is 12.5 Å². The first-order valence-electron chi connectivity index (χ1n) is 7.59. The van der Waals surface area contributed by atoms with Gasteiger partial charge in [-0.1, -0.05) is 27.7 Å². The Bertz CT molecular complexity index is 289. The molecule has 2 bridgehead atoms. The van der Waals surface area contributed by atoms with Gasteiger partial charge in [-0.25, -0.2) is 0 Å². The SMILES string of the molecule is CC(CCCl)CCOC1CC2CCC1(C)C2(C)C. The Morgan fingerprint density at radius 3 is 2.50 bits per heavy atom. The van der Waals surface area contributed by atoms with Crippen molar-refractivity contribution in [2.75, 3.05) is 12.5 Å². The Kier molecular flexibility index (Phi) is 4.33. The summed E-state index contributed by atoms with van der Waals surface area (Å²) >= 11 is 5.77. The predicted molar refractivity (Wildman–Crippen MR) is 78.1 cm³/mol. The quantitative estimate of drug-likeness (QED) is 0.627. The second kappa shape index (κ2) is 5.32. The first kappa shape index (κ1) is 14.7. The fourth-order valence-corrected chi connectivity index (χ4v) is 4.50. The van der Waals surface area contributed by atoms with E-state index in [2.05, 4.69) is 27.7 Å². The number of hydrogen-bond acceptors (Lipinski definition) is 1. The van der Waals surface area contributed by atoms with Gasteiger partial charge < -0.3 is 4.74 Å². The largest absolute Gasteiger partial charge is 0.378 e. The van der Waals surface area contributed by atoms with E-state index in [0.29, 0.717) is 22.9 Å². The molecule has 2 saturated carbocycles. The van der Waals surface area contributed by atoms with Gasteiger partial charge in [0.05, 0.1) is 6.10 Å². The summed E-state index contributed by atoms with van der Waals surface area (Å²) in [6, 6.07) is 0. The second-order valence-corrected chi connectivity index (χ2v) is 7.72. The van der Waals surface area contributed by atoms with E-state index >= 15 is 0 Å². The molecule has 0 radical (unpaired) electrons. The van der Waals surface area contributed by atoms with E-state index < -0.39 is 0 Å². The van der Waals surface area contributed by atoms with Crippen LogP contribution in [0.1, 0.15) is 59.8 Å². The van der Waals surface area contributed by atoms with Crippen LogP contribution in [0.4, 0.5) is 0 Å². The van der Waals surface area contributed by atoms with Crippen LogP contribution in [0.3, 0.4) is 0 Å². The molecule has 0 saturated heterocycles. The lowest BCUT2D eigenvalue weighted by Gasteiger charge is -2.39. The molecule has 2 fully saturated rings. The van der Waals surface area contributed by atoms with Gasteiger partial charge in [0.25, 0.3) is 0 Å². The van der Waals surface area contributed by atoms with Crippen LogP contribution in [-0.2, 0) is 4.74 Å². The van der Waals surface area contributed by atoms with E-state index in [4.69, 9.17) is 16.3 Å². The molecule has 0 N–H and O–H groups in total. The third-order valence-corrected chi connectivity index (χ3v) is 6.46. The number of hydrogen-bond donors (Lipinski definition) is 0. The Morgan fingerprint density at radius 1 is 1.28 bits per heavy atom. The Morgan fingerprint density at radius 2 is 2.00 bits per heavy atom. The van der Waals surface area contributed by atoms with E-state index in [1.165, 1.54) is 19.3 Å². The second-order valence-electron chi connectivity index (χ2n) is 7.34. The minimum absolute atomic E-state index is 0.410. The molecule has 4 unspecified atom stereocenters. The summed E-state index contributed by atoms with van der Waals surface area (Å²) in [4.78, 5) is 0. The third-order valence-electron chi connectivity index (χ3n) is 6.25. The van der Waals surface area contributed by atoms with Crippen LogP contribution in [0.15, 0.2) is 0 Å². The summed E-state index contributed by atoms with van der Waals surface area (Å²) < 4.78 is 6.25. The number of rotatable bonds is 6. The summed E-state index contributed by atoms with van der Waals surface area (Å²) in [5, 5.41) is 0. The van der Waals surface area contributed by atoms with Crippen molar-refractivity contribution < 1.29 is 4.74 Å². The van der Waals surface area contributed by atoms with Crippen LogP contribution in [0.25, 0.3) is 0 Å². The number of halogens is 1. The maximum Gasteiger partial charge on any atom is 0.0636 e. The summed E-state index contributed by atoms with van der Waals surface area (Å²) in [5.74, 6) is 2.35. The smallest absolute Gasteiger partial charge is 0.0636 e. The van der Waals surface area contributed by atoms with E-state index in [0.717, 1.165) is 31.2 Å². The van der Waals surface area contributed by atoms with E-state index in [-0.39, 0.29) is 0 Å². The van der Waals surface area contributed by atoms with Gasteiger partial charge in [-0.3, -0.25) is 0 Å². The summed E-state index contributed by atoms with van der Waals surface area (Å²) in [6.45, 7) is 10.5. The summed E-state index contributed by atoms with van der Waals surface area (Å²) in [7, 11) is 0. The Balaban J connectivity index is 1.82. The molecule has 2 aliphatic rings. The van der Waals surface area contributed by atoms with Crippen molar-refractivity contribution in [3.8, 4) is 0 Å². The molecule has 1 nitrogen and oxygen atoms in total. The molecule has 0 spiro atoms. The van der Waals surface area contributed by atoms with Gasteiger partial charge in [-0.15, -0.1) is 11.6 Å². The van der Waals surface area contributed by atoms with E-state index in [1.54, 1.807) is 0 Å². The van der Waals surface area contributed by atoms with Crippen LogP contribution in [-0.4, -0.2) is 18.6 Å². The predicted octanol–water partition coefficient (Wildman–Crippen LogP) is 4.87. The zero-order valence-electron chi connectivity index (χ0n) is 12.5. The topological polar surface area (TPSA) is 9.23 Å². The lowest BCUT2D eigenvalue weighted by Crippen LogP contribution is -2.37. The summed E-state index contributed by atoms with van der Waals surface area (Å²) in [5.41, 5.74) is 0.882. The first-order chi connectivity index (χ1) is 8.41. The van der Waals surface area contributed by atoms with Gasteiger partial charge in [-0.2, -0.15) is 0 Å². The number of ether oxygens (including phenoxy) is 1. The van der Waals surface area contributed by atoms with Crippen molar-refractivity contribution in [2.45, 2.75) is 65.9 Å². The van der Waals surface area contributed by atoms with E-state index in [1.807, 2.05) is 0 Å². The molecule has 2 rings (SSSR count). The van der Waals surface area contributed by atoms with Gasteiger partial charge in [-0.05, 0) is 54.8 Å². The highest BCUT2D eigenvalue weighted by molar-refractivity contribution is 6.17. The third kappa shape index (κ3) is 2.33. The molecule has 2 aliphatic carbocycles. The Hall–Kier alpha value is 0.250. The van der Waals surface area contributed by atoms with Gasteiger partial charge >= 0.3 is 0 Å². The molecule has 4 atom stereocenters. The standard InChI is InChI=1S/C16H29ClO/c1-12(6-9-17)7-10-18-14-11-13-5-8-16(14,4)15(13,2)3/h12-14H,5-11H2,1-4H3. The molecular formula is C16H29ClO. The van der Waals surface area contributed by atoms with Crippen molar-refractivity contribution in [1.82, 2.24) is 0 Å². The molecule has 0 amide bonds. The van der Waals surface area contributed by atoms with Crippen LogP contribution in [0, 0.1) is 22.7 Å². The average Bonchev–Trinajstić information content (AvgIpc) is 2.62. The van der Waals surface area contributed by atoms with Gasteiger partial charge in [0.1, 0.15) is 0 Å². The van der Waals surface area contributed by atoms with E-state index in [9.17, 15) is 0 Å². The van der Waals surface area contributed by atoms with Crippen LogP contribution in [0.2, 0.25) is 0 Å².